The van der Waals surface area contributed by atoms with Crippen LogP contribution in [-0.2, 0) is 75.5 Å². The summed E-state index contributed by atoms with van der Waals surface area (Å²) in [6.07, 6.45) is 7.41. The van der Waals surface area contributed by atoms with Gasteiger partial charge in [-0.1, -0.05) is 101 Å². The van der Waals surface area contributed by atoms with Crippen LogP contribution in [0.25, 0.3) is 0 Å². The van der Waals surface area contributed by atoms with E-state index in [-0.39, 0.29) is 63.9 Å². The highest BCUT2D eigenvalue weighted by molar-refractivity contribution is 5.84. The minimum atomic E-state index is -1.20. The highest BCUT2D eigenvalue weighted by Crippen LogP contribution is 2.39. The van der Waals surface area contributed by atoms with E-state index in [4.69, 9.17) is 37.9 Å². The van der Waals surface area contributed by atoms with Crippen molar-refractivity contribution in [3.63, 3.8) is 0 Å². The molecule has 0 radical (unpaired) electrons. The second-order valence-electron chi connectivity index (χ2n) is 20.9. The lowest BCUT2D eigenvalue weighted by Crippen LogP contribution is -2.38. The Morgan fingerprint density at radius 1 is 0.512 bits per heavy atom. The van der Waals surface area contributed by atoms with Gasteiger partial charge in [-0.05, 0) is 109 Å². The largest absolute Gasteiger partial charge is 0.490 e. The standard InChI is InChI=1S/C62H74O18/c1-11-52(64)73-30-44(63)31-76-57-39(7)51(62(8,9)10)27-26-43(57)29-41-24-25-42(56(38(41)6)78-35-46(33-75-54(66)13-3)80-61(72)50-21-17-15-19-48(50)59(69)70)28-40-23-22-36(4)55(37(40)5)77-34-45(32-74-53(65)12-2)79-60(71)49-20-16-14-18-47(49)58(67)68/h11-17,22-27,44-50,63H,1-3,18-21,28-35H2,4-10H3,(H,67,68)(H,69,70). The van der Waals surface area contributed by atoms with Crippen molar-refractivity contribution in [3.05, 3.63) is 149 Å². The van der Waals surface area contributed by atoms with Crippen molar-refractivity contribution >= 4 is 41.8 Å². The summed E-state index contributed by atoms with van der Waals surface area (Å²) in [6, 6.07) is 11.6. The van der Waals surface area contributed by atoms with Gasteiger partial charge in [0.05, 0.1) is 23.7 Å². The van der Waals surface area contributed by atoms with Gasteiger partial charge in [-0.25, -0.2) is 14.4 Å². The minimum Gasteiger partial charge on any atom is -0.490 e. The Morgan fingerprint density at radius 2 is 0.887 bits per heavy atom. The number of ether oxygens (including phenoxy) is 8. The fraction of sp³-hybridized carbons (Fsp3) is 0.435. The number of aliphatic hydroxyl groups excluding tert-OH is 1. The number of allylic oxidation sites excluding steroid dienone is 4. The maximum atomic E-state index is 13.8. The summed E-state index contributed by atoms with van der Waals surface area (Å²) in [5.74, 6) is -8.72. The number of benzene rings is 3. The van der Waals surface area contributed by atoms with Crippen molar-refractivity contribution in [1.29, 1.82) is 0 Å². The van der Waals surface area contributed by atoms with E-state index in [2.05, 4.69) is 40.5 Å². The first-order chi connectivity index (χ1) is 38.0. The zero-order valence-electron chi connectivity index (χ0n) is 46.6. The minimum absolute atomic E-state index is 0.131. The molecule has 18 heteroatoms. The Morgan fingerprint density at radius 3 is 1.34 bits per heavy atom. The van der Waals surface area contributed by atoms with Crippen molar-refractivity contribution in [1.82, 2.24) is 0 Å². The number of aliphatic hydroxyl groups is 1. The van der Waals surface area contributed by atoms with Crippen molar-refractivity contribution in [2.24, 2.45) is 23.7 Å². The van der Waals surface area contributed by atoms with E-state index in [1.165, 1.54) is 0 Å². The number of carbonyl (C=O) groups is 7. The molecule has 0 spiro atoms. The predicted molar refractivity (Wildman–Crippen MR) is 294 cm³/mol. The van der Waals surface area contributed by atoms with Crippen molar-refractivity contribution < 1.29 is 86.8 Å². The molecule has 0 heterocycles. The first-order valence-corrected chi connectivity index (χ1v) is 26.4. The molecule has 0 saturated carbocycles. The number of rotatable bonds is 28. The van der Waals surface area contributed by atoms with Crippen LogP contribution < -0.4 is 14.2 Å². The third-order valence-corrected chi connectivity index (χ3v) is 14.0. The van der Waals surface area contributed by atoms with Crippen LogP contribution in [0.15, 0.2) is 98.7 Å². The lowest BCUT2D eigenvalue weighted by molar-refractivity contribution is -0.167. The third kappa shape index (κ3) is 17.3. The normalized spacial score (nSPS) is 17.8. The fourth-order valence-electron chi connectivity index (χ4n) is 9.63. The van der Waals surface area contributed by atoms with Gasteiger partial charge in [0.2, 0.25) is 0 Å². The average Bonchev–Trinajstić information content (AvgIpc) is 3.43. The molecule has 7 atom stereocenters. The monoisotopic (exact) mass is 1110 g/mol. The Balaban J connectivity index is 1.54. The van der Waals surface area contributed by atoms with Gasteiger partial charge in [0.1, 0.15) is 63.0 Å². The molecule has 7 unspecified atom stereocenters. The maximum Gasteiger partial charge on any atom is 0.330 e. The first-order valence-electron chi connectivity index (χ1n) is 26.4. The molecule has 0 fully saturated rings. The van der Waals surface area contributed by atoms with Gasteiger partial charge in [-0.15, -0.1) is 0 Å². The third-order valence-electron chi connectivity index (χ3n) is 14.0. The van der Waals surface area contributed by atoms with E-state index >= 15 is 0 Å². The molecule has 430 valence electrons. The molecule has 80 heavy (non-hydrogen) atoms. The molecule has 0 amide bonds. The zero-order chi connectivity index (χ0) is 58.8. The van der Waals surface area contributed by atoms with Crippen LogP contribution in [0.5, 0.6) is 17.2 Å². The molecule has 18 nitrogen and oxygen atoms in total. The summed E-state index contributed by atoms with van der Waals surface area (Å²) < 4.78 is 46.8. The number of carboxylic acid groups (broad SMARTS) is 2. The van der Waals surface area contributed by atoms with Gasteiger partial charge in [-0.2, -0.15) is 0 Å². The molecule has 3 aromatic carbocycles. The number of aryl methyl sites for hydroxylation is 1. The SMILES string of the molecule is C=CC(=O)OCC(O)COc1c(Cc2ccc(Cc3ccc(C)c(OCC(COC(=O)C=C)OC(=O)C4CC=CCC4C(=O)O)c3C)c(OCC(COC(=O)C=C)OC(=O)C3CC=CCC3C(=O)O)c2C)ccc(C(C)(C)C)c1C. The topological polar surface area (TPSA) is 254 Å². The zero-order valence-corrected chi connectivity index (χ0v) is 46.6. The van der Waals surface area contributed by atoms with E-state index < -0.39 is 97.0 Å². The lowest BCUT2D eigenvalue weighted by Gasteiger charge is -2.27. The highest BCUT2D eigenvalue weighted by atomic mass is 16.6. The van der Waals surface area contributed by atoms with Crippen LogP contribution in [0.2, 0.25) is 0 Å². The smallest absolute Gasteiger partial charge is 0.330 e. The van der Waals surface area contributed by atoms with Crippen LogP contribution in [-0.4, -0.2) is 115 Å². The maximum absolute atomic E-state index is 13.8. The lowest BCUT2D eigenvalue weighted by atomic mass is 9.82. The number of esters is 5. The van der Waals surface area contributed by atoms with E-state index in [0.29, 0.717) is 40.4 Å². The number of carbonyl (C=O) groups excluding carboxylic acids is 5. The van der Waals surface area contributed by atoms with Gasteiger partial charge in [0.25, 0.3) is 0 Å². The Bertz CT molecular complexity index is 2850. The van der Waals surface area contributed by atoms with E-state index in [1.54, 1.807) is 24.3 Å². The molecule has 0 aliphatic heterocycles. The van der Waals surface area contributed by atoms with Gasteiger partial charge >= 0.3 is 41.8 Å². The Hall–Kier alpha value is -7.99. The molecule has 0 bridgehead atoms. The number of hydrogen-bond donors (Lipinski definition) is 3. The predicted octanol–water partition coefficient (Wildman–Crippen LogP) is 8.24. The Labute approximate surface area is 467 Å². The molecule has 2 aliphatic carbocycles. The summed E-state index contributed by atoms with van der Waals surface area (Å²) >= 11 is 0. The molecule has 5 rings (SSSR count). The van der Waals surface area contributed by atoms with E-state index in [0.717, 1.165) is 51.6 Å². The Kier molecular flexibility index (Phi) is 23.0. The number of hydrogen-bond acceptors (Lipinski definition) is 16. The summed E-state index contributed by atoms with van der Waals surface area (Å²) in [6.45, 7) is 22.1. The van der Waals surface area contributed by atoms with Crippen molar-refractivity contribution in [2.45, 2.75) is 111 Å². The fourth-order valence-corrected chi connectivity index (χ4v) is 9.63. The van der Waals surface area contributed by atoms with Gasteiger partial charge in [0, 0.05) is 31.1 Å². The second-order valence-corrected chi connectivity index (χ2v) is 20.9. The molecule has 0 aromatic heterocycles. The van der Waals surface area contributed by atoms with Crippen LogP contribution in [0.1, 0.15) is 96.5 Å². The summed E-state index contributed by atoms with van der Waals surface area (Å²) in [4.78, 5) is 87.8. The van der Waals surface area contributed by atoms with Gasteiger partial charge in [-0.3, -0.25) is 19.2 Å². The molecule has 0 saturated heterocycles. The number of carboxylic acids is 2. The van der Waals surface area contributed by atoms with Gasteiger partial charge < -0.3 is 53.2 Å². The van der Waals surface area contributed by atoms with E-state index in [9.17, 15) is 48.9 Å². The summed E-state index contributed by atoms with van der Waals surface area (Å²) in [7, 11) is 0. The molecular formula is C62H74O18. The summed E-state index contributed by atoms with van der Waals surface area (Å²) in [5.41, 5.74) is 6.68. The van der Waals surface area contributed by atoms with Crippen LogP contribution in [0, 0.1) is 51.4 Å². The molecular weight excluding hydrogens is 1030 g/mol. The van der Waals surface area contributed by atoms with Crippen molar-refractivity contribution in [2.75, 3.05) is 39.6 Å². The molecule has 3 N–H and O–H groups in total. The average molecular weight is 1110 g/mol. The van der Waals surface area contributed by atoms with Crippen LogP contribution in [0.3, 0.4) is 0 Å². The first kappa shape index (κ1) is 62.8. The summed E-state index contributed by atoms with van der Waals surface area (Å²) in [5, 5.41) is 30.6. The highest BCUT2D eigenvalue weighted by Gasteiger charge is 2.38. The number of aliphatic carboxylic acids is 2. The van der Waals surface area contributed by atoms with E-state index in [1.807, 2.05) is 64.1 Å². The molecule has 3 aromatic rings. The second kappa shape index (κ2) is 29.3. The van der Waals surface area contributed by atoms with Crippen LogP contribution in [0.4, 0.5) is 0 Å². The van der Waals surface area contributed by atoms with Gasteiger partial charge in [0.15, 0.2) is 12.2 Å². The quantitative estimate of drug-likeness (QED) is 0.0268. The van der Waals surface area contributed by atoms with Crippen molar-refractivity contribution in [3.8, 4) is 17.2 Å². The van der Waals surface area contributed by atoms with Crippen LogP contribution >= 0.6 is 0 Å². The molecule has 2 aliphatic rings.